The van der Waals surface area contributed by atoms with Crippen LogP contribution >= 0.6 is 15.9 Å². The van der Waals surface area contributed by atoms with Gasteiger partial charge in [0, 0.05) is 16.0 Å². The van der Waals surface area contributed by atoms with Crippen molar-refractivity contribution in [2.24, 2.45) is 0 Å². The van der Waals surface area contributed by atoms with Crippen molar-refractivity contribution in [1.82, 2.24) is 0 Å². The number of hydrogen-bond donors (Lipinski definition) is 0. The Labute approximate surface area is 121 Å². The lowest BCUT2D eigenvalue weighted by atomic mass is 9.79. The van der Waals surface area contributed by atoms with Crippen LogP contribution in [-0.2, 0) is 6.42 Å². The van der Waals surface area contributed by atoms with Crippen molar-refractivity contribution < 1.29 is 4.79 Å². The second-order valence-electron chi connectivity index (χ2n) is 4.99. The zero-order valence-electron chi connectivity index (χ0n) is 10.6. The van der Waals surface area contributed by atoms with Gasteiger partial charge in [-0.15, -0.1) is 0 Å². The standard InChI is InChI=1S/C17H15BrO/c18-16-11-4-3-9-15(16)17(19)14-10-5-7-12-6-1-2-8-13(12)14/h1-4,6,8-9,11,14H,5,7,10H2. The molecule has 0 amide bonds. The molecule has 0 aromatic heterocycles. The Bertz CT molecular complexity index is 618. The zero-order chi connectivity index (χ0) is 13.2. The molecule has 1 nitrogen and oxygen atoms in total. The van der Waals surface area contributed by atoms with Crippen LogP contribution in [0.2, 0.25) is 0 Å². The summed E-state index contributed by atoms with van der Waals surface area (Å²) >= 11 is 3.48. The van der Waals surface area contributed by atoms with E-state index in [2.05, 4.69) is 34.1 Å². The molecule has 1 aliphatic carbocycles. The van der Waals surface area contributed by atoms with Crippen LogP contribution in [0.5, 0.6) is 0 Å². The average Bonchev–Trinajstić information content (AvgIpc) is 2.46. The van der Waals surface area contributed by atoms with Crippen LogP contribution in [-0.4, -0.2) is 5.78 Å². The smallest absolute Gasteiger partial charge is 0.171 e. The maximum Gasteiger partial charge on any atom is 0.171 e. The summed E-state index contributed by atoms with van der Waals surface area (Å²) in [6.07, 6.45) is 3.14. The summed E-state index contributed by atoms with van der Waals surface area (Å²) in [5.74, 6) is 0.253. The lowest BCUT2D eigenvalue weighted by Crippen LogP contribution is -2.19. The summed E-state index contributed by atoms with van der Waals surface area (Å²) in [4.78, 5) is 12.8. The highest BCUT2D eigenvalue weighted by atomic mass is 79.9. The van der Waals surface area contributed by atoms with Crippen molar-refractivity contribution in [2.45, 2.75) is 25.2 Å². The van der Waals surface area contributed by atoms with Gasteiger partial charge in [-0.1, -0.05) is 58.4 Å². The van der Waals surface area contributed by atoms with Gasteiger partial charge in [-0.25, -0.2) is 0 Å². The summed E-state index contributed by atoms with van der Waals surface area (Å²) in [5, 5.41) is 0. The molecule has 0 fully saturated rings. The van der Waals surface area contributed by atoms with E-state index in [-0.39, 0.29) is 11.7 Å². The fourth-order valence-electron chi connectivity index (χ4n) is 2.88. The number of halogens is 1. The van der Waals surface area contributed by atoms with Crippen LogP contribution in [0.15, 0.2) is 53.0 Å². The quantitative estimate of drug-likeness (QED) is 0.731. The molecular formula is C17H15BrO. The molecular weight excluding hydrogens is 300 g/mol. The van der Waals surface area contributed by atoms with Gasteiger partial charge >= 0.3 is 0 Å². The van der Waals surface area contributed by atoms with Crippen molar-refractivity contribution in [2.75, 3.05) is 0 Å². The minimum absolute atomic E-state index is 0.0173. The highest BCUT2D eigenvalue weighted by Gasteiger charge is 2.27. The largest absolute Gasteiger partial charge is 0.293 e. The molecule has 1 unspecified atom stereocenters. The average molecular weight is 315 g/mol. The van der Waals surface area contributed by atoms with Gasteiger partial charge in [0.1, 0.15) is 0 Å². The first-order valence-electron chi connectivity index (χ1n) is 6.64. The van der Waals surface area contributed by atoms with E-state index < -0.39 is 0 Å². The van der Waals surface area contributed by atoms with E-state index in [0.717, 1.165) is 29.3 Å². The Hall–Kier alpha value is -1.41. The molecule has 0 N–H and O–H groups in total. The van der Waals surface area contributed by atoms with Crippen molar-refractivity contribution in [3.05, 3.63) is 69.7 Å². The van der Waals surface area contributed by atoms with Gasteiger partial charge in [0.2, 0.25) is 0 Å². The molecule has 1 aliphatic rings. The Kier molecular flexibility index (Phi) is 3.52. The number of Topliss-reactive ketones (excluding diaryl/α,β-unsaturated/α-hetero) is 1. The number of carbonyl (C=O) groups excluding carboxylic acids is 1. The number of fused-ring (bicyclic) bond motifs is 1. The molecule has 19 heavy (non-hydrogen) atoms. The van der Waals surface area contributed by atoms with E-state index in [4.69, 9.17) is 0 Å². The van der Waals surface area contributed by atoms with E-state index in [0.29, 0.717) is 0 Å². The Morgan fingerprint density at radius 2 is 1.79 bits per heavy atom. The maximum atomic E-state index is 12.8. The van der Waals surface area contributed by atoms with E-state index in [9.17, 15) is 4.79 Å². The minimum atomic E-state index is 0.0173. The molecule has 1 atom stereocenters. The third-order valence-corrected chi connectivity index (χ3v) is 4.52. The van der Waals surface area contributed by atoms with Crippen LogP contribution in [0.1, 0.15) is 40.2 Å². The normalized spacial score (nSPS) is 17.8. The van der Waals surface area contributed by atoms with Crippen molar-refractivity contribution in [1.29, 1.82) is 0 Å². The second-order valence-corrected chi connectivity index (χ2v) is 5.84. The lowest BCUT2D eigenvalue weighted by Gasteiger charge is -2.24. The SMILES string of the molecule is O=C(c1ccccc1Br)C1CCCc2ccccc21. The molecule has 96 valence electrons. The van der Waals surface area contributed by atoms with Crippen molar-refractivity contribution >= 4 is 21.7 Å². The molecule has 0 radical (unpaired) electrons. The van der Waals surface area contributed by atoms with Gasteiger partial charge in [-0.3, -0.25) is 4.79 Å². The number of hydrogen-bond acceptors (Lipinski definition) is 1. The maximum absolute atomic E-state index is 12.8. The molecule has 0 spiro atoms. The summed E-state index contributed by atoms with van der Waals surface area (Å²) in [6, 6.07) is 16.0. The van der Waals surface area contributed by atoms with Crippen molar-refractivity contribution in [3.8, 4) is 0 Å². The number of rotatable bonds is 2. The number of carbonyl (C=O) groups is 1. The summed E-state index contributed by atoms with van der Waals surface area (Å²) < 4.78 is 0.892. The Morgan fingerprint density at radius 3 is 2.63 bits per heavy atom. The number of ketones is 1. The minimum Gasteiger partial charge on any atom is -0.293 e. The predicted octanol–water partition coefficient (Wildman–Crippen LogP) is 4.75. The van der Waals surface area contributed by atoms with Gasteiger partial charge in [0.15, 0.2) is 5.78 Å². The molecule has 0 bridgehead atoms. The van der Waals surface area contributed by atoms with Crippen LogP contribution in [0.25, 0.3) is 0 Å². The van der Waals surface area contributed by atoms with Crippen LogP contribution in [0, 0.1) is 0 Å². The first-order valence-corrected chi connectivity index (χ1v) is 7.43. The molecule has 0 heterocycles. The summed E-state index contributed by atoms with van der Waals surface area (Å²) in [5.41, 5.74) is 3.35. The van der Waals surface area contributed by atoms with Gasteiger partial charge in [-0.2, -0.15) is 0 Å². The van der Waals surface area contributed by atoms with Gasteiger partial charge < -0.3 is 0 Å². The third kappa shape index (κ3) is 2.37. The molecule has 2 aromatic carbocycles. The lowest BCUT2D eigenvalue weighted by molar-refractivity contribution is 0.0950. The molecule has 3 rings (SSSR count). The van der Waals surface area contributed by atoms with E-state index in [1.54, 1.807) is 0 Å². The fourth-order valence-corrected chi connectivity index (χ4v) is 3.36. The topological polar surface area (TPSA) is 17.1 Å². The van der Waals surface area contributed by atoms with Crippen LogP contribution in [0.3, 0.4) is 0 Å². The fraction of sp³-hybridized carbons (Fsp3) is 0.235. The van der Waals surface area contributed by atoms with E-state index >= 15 is 0 Å². The summed E-state index contributed by atoms with van der Waals surface area (Å²) in [7, 11) is 0. The zero-order valence-corrected chi connectivity index (χ0v) is 12.2. The second kappa shape index (κ2) is 5.30. The molecule has 0 aliphatic heterocycles. The van der Waals surface area contributed by atoms with Crippen LogP contribution in [0.4, 0.5) is 0 Å². The predicted molar refractivity (Wildman–Crippen MR) is 80.6 cm³/mol. The Morgan fingerprint density at radius 1 is 1.05 bits per heavy atom. The van der Waals surface area contributed by atoms with Crippen LogP contribution < -0.4 is 0 Å². The first kappa shape index (κ1) is 12.6. The molecule has 2 aromatic rings. The van der Waals surface area contributed by atoms with Gasteiger partial charge in [0.25, 0.3) is 0 Å². The highest BCUT2D eigenvalue weighted by molar-refractivity contribution is 9.10. The summed E-state index contributed by atoms with van der Waals surface area (Å²) in [6.45, 7) is 0. The Balaban J connectivity index is 2.00. The van der Waals surface area contributed by atoms with E-state index in [1.165, 1.54) is 11.1 Å². The monoisotopic (exact) mass is 314 g/mol. The highest BCUT2D eigenvalue weighted by Crippen LogP contribution is 2.35. The molecule has 0 saturated carbocycles. The third-order valence-electron chi connectivity index (χ3n) is 3.83. The van der Waals surface area contributed by atoms with E-state index in [1.807, 2.05) is 30.3 Å². The first-order chi connectivity index (χ1) is 9.27. The van der Waals surface area contributed by atoms with Gasteiger partial charge in [-0.05, 0) is 36.5 Å². The number of aryl methyl sites for hydroxylation is 1. The van der Waals surface area contributed by atoms with Gasteiger partial charge in [0.05, 0.1) is 0 Å². The molecule has 2 heteroatoms. The molecule has 0 saturated heterocycles. The number of benzene rings is 2. The van der Waals surface area contributed by atoms with Crippen molar-refractivity contribution in [3.63, 3.8) is 0 Å².